The van der Waals surface area contributed by atoms with Crippen LogP contribution in [-0.4, -0.2) is 37.7 Å². The molecule has 2 fully saturated rings. The summed E-state index contributed by atoms with van der Waals surface area (Å²) < 4.78 is 5.47. The van der Waals surface area contributed by atoms with Crippen LogP contribution in [0.25, 0.3) is 0 Å². The van der Waals surface area contributed by atoms with Gasteiger partial charge in [0.05, 0.1) is 12.6 Å². The topological polar surface area (TPSA) is 50.4 Å². The van der Waals surface area contributed by atoms with Crippen molar-refractivity contribution in [2.75, 3.05) is 19.8 Å². The van der Waals surface area contributed by atoms with Crippen molar-refractivity contribution in [3.05, 3.63) is 0 Å². The Morgan fingerprint density at radius 3 is 2.89 bits per heavy atom. The molecule has 1 saturated carbocycles. The minimum atomic E-state index is 0.0261. The SMILES string of the molecule is CC(C)COCCNC(=O)C1CC2CCCCC2N1. The van der Waals surface area contributed by atoms with Crippen molar-refractivity contribution in [2.24, 2.45) is 11.8 Å². The molecular formula is C15H28N2O2. The van der Waals surface area contributed by atoms with E-state index in [1.165, 1.54) is 25.7 Å². The van der Waals surface area contributed by atoms with Crippen LogP contribution in [0.1, 0.15) is 46.0 Å². The molecule has 1 heterocycles. The van der Waals surface area contributed by atoms with Gasteiger partial charge >= 0.3 is 0 Å². The molecule has 4 heteroatoms. The third-order valence-corrected chi connectivity index (χ3v) is 4.18. The van der Waals surface area contributed by atoms with E-state index in [0.717, 1.165) is 18.9 Å². The van der Waals surface area contributed by atoms with Crippen molar-refractivity contribution in [3.8, 4) is 0 Å². The number of amides is 1. The van der Waals surface area contributed by atoms with Crippen molar-refractivity contribution < 1.29 is 9.53 Å². The van der Waals surface area contributed by atoms with Gasteiger partial charge in [0.2, 0.25) is 5.91 Å². The van der Waals surface area contributed by atoms with E-state index in [0.29, 0.717) is 25.1 Å². The minimum Gasteiger partial charge on any atom is -0.379 e. The fraction of sp³-hybridized carbons (Fsp3) is 0.933. The third-order valence-electron chi connectivity index (χ3n) is 4.18. The number of hydrogen-bond donors (Lipinski definition) is 2. The highest BCUT2D eigenvalue weighted by Gasteiger charge is 2.37. The van der Waals surface area contributed by atoms with Crippen molar-refractivity contribution in [1.29, 1.82) is 0 Å². The maximum atomic E-state index is 12.1. The third kappa shape index (κ3) is 4.46. The van der Waals surface area contributed by atoms with Gasteiger partial charge in [-0.15, -0.1) is 0 Å². The number of ether oxygens (including phenoxy) is 1. The van der Waals surface area contributed by atoms with E-state index >= 15 is 0 Å². The summed E-state index contributed by atoms with van der Waals surface area (Å²) in [6.07, 6.45) is 6.19. The van der Waals surface area contributed by atoms with E-state index in [4.69, 9.17) is 4.74 Å². The minimum absolute atomic E-state index is 0.0261. The zero-order valence-electron chi connectivity index (χ0n) is 12.3. The molecule has 1 aliphatic carbocycles. The van der Waals surface area contributed by atoms with Crippen LogP contribution >= 0.6 is 0 Å². The molecule has 1 aliphatic heterocycles. The molecule has 110 valence electrons. The Bertz CT molecular complexity index is 280. The van der Waals surface area contributed by atoms with Gasteiger partial charge < -0.3 is 15.4 Å². The zero-order chi connectivity index (χ0) is 13.7. The van der Waals surface area contributed by atoms with Crippen molar-refractivity contribution in [1.82, 2.24) is 10.6 Å². The summed E-state index contributed by atoms with van der Waals surface area (Å²) in [5.74, 6) is 1.43. The summed E-state index contributed by atoms with van der Waals surface area (Å²) >= 11 is 0. The first kappa shape index (κ1) is 14.8. The normalized spacial score (nSPS) is 30.4. The molecule has 0 bridgehead atoms. The quantitative estimate of drug-likeness (QED) is 0.721. The van der Waals surface area contributed by atoms with Gasteiger partial charge in [0.25, 0.3) is 0 Å². The molecule has 2 rings (SSSR count). The molecule has 2 N–H and O–H groups in total. The van der Waals surface area contributed by atoms with Gasteiger partial charge in [-0.3, -0.25) is 4.79 Å². The molecule has 3 unspecified atom stereocenters. The van der Waals surface area contributed by atoms with Crippen LogP contribution < -0.4 is 10.6 Å². The van der Waals surface area contributed by atoms with E-state index in [2.05, 4.69) is 24.5 Å². The highest BCUT2D eigenvalue weighted by molar-refractivity contribution is 5.82. The highest BCUT2D eigenvalue weighted by atomic mass is 16.5. The van der Waals surface area contributed by atoms with Crippen LogP contribution in [0.2, 0.25) is 0 Å². The fourth-order valence-corrected chi connectivity index (χ4v) is 3.21. The summed E-state index contributed by atoms with van der Waals surface area (Å²) in [5.41, 5.74) is 0. The molecular weight excluding hydrogens is 240 g/mol. The Balaban J connectivity index is 1.61. The molecule has 0 aromatic rings. The van der Waals surface area contributed by atoms with E-state index in [1.54, 1.807) is 0 Å². The number of rotatable bonds is 6. The monoisotopic (exact) mass is 268 g/mol. The van der Waals surface area contributed by atoms with Gasteiger partial charge in [0.15, 0.2) is 0 Å². The fourth-order valence-electron chi connectivity index (χ4n) is 3.21. The summed E-state index contributed by atoms with van der Waals surface area (Å²) in [7, 11) is 0. The summed E-state index contributed by atoms with van der Waals surface area (Å²) in [6, 6.07) is 0.611. The van der Waals surface area contributed by atoms with Crippen LogP contribution in [0, 0.1) is 11.8 Å². The molecule has 0 aromatic heterocycles. The summed E-state index contributed by atoms with van der Waals surface area (Å²) in [5, 5.41) is 6.48. The molecule has 19 heavy (non-hydrogen) atoms. The Hall–Kier alpha value is -0.610. The lowest BCUT2D eigenvalue weighted by atomic mass is 9.85. The van der Waals surface area contributed by atoms with Crippen molar-refractivity contribution in [2.45, 2.75) is 58.0 Å². The molecule has 0 radical (unpaired) electrons. The predicted octanol–water partition coefficient (Wildman–Crippen LogP) is 1.70. The van der Waals surface area contributed by atoms with Crippen molar-refractivity contribution >= 4 is 5.91 Å². The lowest BCUT2D eigenvalue weighted by molar-refractivity contribution is -0.123. The van der Waals surface area contributed by atoms with Crippen LogP contribution in [0.15, 0.2) is 0 Å². The second-order valence-corrected chi connectivity index (χ2v) is 6.37. The number of carbonyl (C=O) groups is 1. The molecule has 2 aliphatic rings. The van der Waals surface area contributed by atoms with Gasteiger partial charge in [-0.1, -0.05) is 26.7 Å². The molecule has 4 nitrogen and oxygen atoms in total. The van der Waals surface area contributed by atoms with Gasteiger partial charge in [-0.25, -0.2) is 0 Å². The van der Waals surface area contributed by atoms with Gasteiger partial charge in [-0.2, -0.15) is 0 Å². The predicted molar refractivity (Wildman–Crippen MR) is 76.0 cm³/mol. The first-order chi connectivity index (χ1) is 9.16. The van der Waals surface area contributed by atoms with E-state index in [-0.39, 0.29) is 11.9 Å². The van der Waals surface area contributed by atoms with E-state index in [9.17, 15) is 4.79 Å². The zero-order valence-corrected chi connectivity index (χ0v) is 12.3. The van der Waals surface area contributed by atoms with E-state index < -0.39 is 0 Å². The second-order valence-electron chi connectivity index (χ2n) is 6.37. The maximum absolute atomic E-state index is 12.1. The average molecular weight is 268 g/mol. The number of carbonyl (C=O) groups excluding carboxylic acids is 1. The number of hydrogen-bond acceptors (Lipinski definition) is 3. The van der Waals surface area contributed by atoms with E-state index in [1.807, 2.05) is 0 Å². The number of nitrogens with one attached hydrogen (secondary N) is 2. The standard InChI is InChI=1S/C15H28N2O2/c1-11(2)10-19-8-7-16-15(18)14-9-12-5-3-4-6-13(12)17-14/h11-14,17H,3-10H2,1-2H3,(H,16,18). The van der Waals surface area contributed by atoms with Crippen LogP contribution in [0.5, 0.6) is 0 Å². The van der Waals surface area contributed by atoms with Crippen LogP contribution in [0.4, 0.5) is 0 Å². The van der Waals surface area contributed by atoms with Gasteiger partial charge in [0, 0.05) is 19.2 Å². The maximum Gasteiger partial charge on any atom is 0.237 e. The molecule has 0 aromatic carbocycles. The molecule has 3 atom stereocenters. The summed E-state index contributed by atoms with van der Waals surface area (Å²) in [6.45, 7) is 6.26. The largest absolute Gasteiger partial charge is 0.379 e. The van der Waals surface area contributed by atoms with Crippen LogP contribution in [0.3, 0.4) is 0 Å². The van der Waals surface area contributed by atoms with Gasteiger partial charge in [0.1, 0.15) is 0 Å². The second kappa shape index (κ2) is 7.25. The smallest absolute Gasteiger partial charge is 0.237 e. The van der Waals surface area contributed by atoms with Crippen LogP contribution in [-0.2, 0) is 9.53 Å². The van der Waals surface area contributed by atoms with Crippen molar-refractivity contribution in [3.63, 3.8) is 0 Å². The average Bonchev–Trinajstić information content (AvgIpc) is 2.81. The first-order valence-corrected chi connectivity index (χ1v) is 7.78. The van der Waals surface area contributed by atoms with Gasteiger partial charge in [-0.05, 0) is 31.1 Å². The molecule has 0 spiro atoms. The lowest BCUT2D eigenvalue weighted by Crippen LogP contribution is -2.44. The molecule has 1 amide bonds. The lowest BCUT2D eigenvalue weighted by Gasteiger charge is -2.24. The Morgan fingerprint density at radius 2 is 2.16 bits per heavy atom. The summed E-state index contributed by atoms with van der Waals surface area (Å²) in [4.78, 5) is 12.1. The Morgan fingerprint density at radius 1 is 1.37 bits per heavy atom. The molecule has 1 saturated heterocycles. The first-order valence-electron chi connectivity index (χ1n) is 7.78. The Kier molecular flexibility index (Phi) is 5.64. The number of fused-ring (bicyclic) bond motifs is 1. The Labute approximate surface area is 116 Å². The highest BCUT2D eigenvalue weighted by Crippen LogP contribution is 2.33.